The molecule has 1 aliphatic heterocycles. The average molecular weight is 467 g/mol. The Labute approximate surface area is 200 Å². The molecule has 174 valence electrons. The number of aromatic nitrogens is 4. The van der Waals surface area contributed by atoms with E-state index in [0.717, 1.165) is 54.4 Å². The summed E-state index contributed by atoms with van der Waals surface area (Å²) < 4.78 is 7.21. The number of ether oxygens (including phenoxy) is 1. The predicted octanol–water partition coefficient (Wildman–Crippen LogP) is 4.03. The fraction of sp³-hybridized carbons (Fsp3) is 0.480. The first-order chi connectivity index (χ1) is 16.2. The van der Waals surface area contributed by atoms with Crippen LogP contribution < -0.4 is 4.74 Å². The monoisotopic (exact) mass is 466 g/mol. The largest absolute Gasteiger partial charge is 0.497 e. The van der Waals surface area contributed by atoms with Crippen LogP contribution in [-0.4, -0.2) is 69.3 Å². The highest BCUT2D eigenvalue weighted by Gasteiger charge is 2.33. The molecule has 1 atom stereocenters. The number of rotatable bonds is 7. The van der Waals surface area contributed by atoms with E-state index in [9.17, 15) is 0 Å². The lowest BCUT2D eigenvalue weighted by Crippen LogP contribution is -2.51. The lowest BCUT2D eigenvalue weighted by Gasteiger charge is -2.41. The van der Waals surface area contributed by atoms with Gasteiger partial charge in [0.2, 0.25) is 0 Å². The number of methoxy groups -OCH3 is 1. The van der Waals surface area contributed by atoms with Gasteiger partial charge < -0.3 is 4.74 Å². The number of hydrogen-bond acceptors (Lipinski definition) is 6. The highest BCUT2D eigenvalue weighted by Crippen LogP contribution is 2.31. The van der Waals surface area contributed by atoms with Crippen molar-refractivity contribution in [1.82, 2.24) is 30.0 Å². The second kappa shape index (κ2) is 10.2. The van der Waals surface area contributed by atoms with E-state index < -0.39 is 0 Å². The Balaban J connectivity index is 1.39. The molecule has 2 fully saturated rings. The maximum atomic E-state index is 6.21. The van der Waals surface area contributed by atoms with E-state index in [-0.39, 0.29) is 6.04 Å². The molecular formula is C25H31ClN6O. The molecule has 0 amide bonds. The van der Waals surface area contributed by atoms with Crippen LogP contribution in [0, 0.1) is 0 Å². The van der Waals surface area contributed by atoms with Crippen LogP contribution in [0.5, 0.6) is 5.75 Å². The van der Waals surface area contributed by atoms with Gasteiger partial charge in [0, 0.05) is 37.2 Å². The van der Waals surface area contributed by atoms with E-state index in [4.69, 9.17) is 16.3 Å². The van der Waals surface area contributed by atoms with Crippen molar-refractivity contribution in [3.05, 3.63) is 70.5 Å². The second-order valence-electron chi connectivity index (χ2n) is 9.01. The zero-order valence-electron chi connectivity index (χ0n) is 19.1. The zero-order valence-corrected chi connectivity index (χ0v) is 19.9. The van der Waals surface area contributed by atoms with Crippen molar-refractivity contribution in [3.63, 3.8) is 0 Å². The fourth-order valence-corrected chi connectivity index (χ4v) is 5.35. The first-order valence-corrected chi connectivity index (χ1v) is 12.2. The molecule has 33 heavy (non-hydrogen) atoms. The van der Waals surface area contributed by atoms with Gasteiger partial charge >= 0.3 is 0 Å². The van der Waals surface area contributed by atoms with Crippen LogP contribution in [0.4, 0.5) is 0 Å². The number of halogens is 1. The summed E-state index contributed by atoms with van der Waals surface area (Å²) in [5, 5.41) is 13.7. The Bertz CT molecular complexity index is 1020. The second-order valence-corrected chi connectivity index (χ2v) is 9.44. The summed E-state index contributed by atoms with van der Waals surface area (Å²) in [6.45, 7) is 4.79. The van der Waals surface area contributed by atoms with Crippen LogP contribution >= 0.6 is 11.6 Å². The van der Waals surface area contributed by atoms with Crippen molar-refractivity contribution in [2.24, 2.45) is 0 Å². The summed E-state index contributed by atoms with van der Waals surface area (Å²) in [5.41, 5.74) is 2.30. The highest BCUT2D eigenvalue weighted by molar-refractivity contribution is 6.30. The Kier molecular flexibility index (Phi) is 6.90. The first-order valence-electron chi connectivity index (χ1n) is 11.8. The van der Waals surface area contributed by atoms with Gasteiger partial charge in [0.15, 0.2) is 5.82 Å². The van der Waals surface area contributed by atoms with E-state index in [1.807, 2.05) is 28.9 Å². The molecule has 0 spiro atoms. The van der Waals surface area contributed by atoms with Crippen molar-refractivity contribution < 1.29 is 4.74 Å². The third-order valence-corrected chi connectivity index (χ3v) is 7.29. The lowest BCUT2D eigenvalue weighted by molar-refractivity contribution is 0.0771. The number of benzene rings is 2. The number of nitrogens with zero attached hydrogens (tertiary/aromatic N) is 6. The maximum Gasteiger partial charge on any atom is 0.173 e. The standard InChI is InChI=1S/C25H31ClN6O/c1-33-23-12-6-19(7-13-23)18-32-25(27-28-29-32)24(20-8-10-21(26)11-9-20)31-16-14-30(15-17-31)22-4-2-3-5-22/h6-13,22,24H,2-5,14-18H2,1H3. The summed E-state index contributed by atoms with van der Waals surface area (Å²) in [6, 6.07) is 16.9. The van der Waals surface area contributed by atoms with E-state index in [1.54, 1.807) is 7.11 Å². The Morgan fingerprint density at radius 1 is 0.970 bits per heavy atom. The molecular weight excluding hydrogens is 436 g/mol. The molecule has 1 aromatic heterocycles. The van der Waals surface area contributed by atoms with E-state index in [2.05, 4.69) is 49.6 Å². The molecule has 2 aliphatic rings. The summed E-state index contributed by atoms with van der Waals surface area (Å²) in [5.74, 6) is 1.71. The van der Waals surface area contributed by atoms with Crippen LogP contribution in [0.25, 0.3) is 0 Å². The van der Waals surface area contributed by atoms with Crippen LogP contribution in [0.1, 0.15) is 48.7 Å². The third kappa shape index (κ3) is 5.05. The first kappa shape index (κ1) is 22.3. The highest BCUT2D eigenvalue weighted by atomic mass is 35.5. The van der Waals surface area contributed by atoms with Gasteiger partial charge in [-0.3, -0.25) is 9.80 Å². The van der Waals surface area contributed by atoms with Crippen molar-refractivity contribution in [2.45, 2.75) is 44.3 Å². The molecule has 2 aromatic carbocycles. The lowest BCUT2D eigenvalue weighted by atomic mass is 10.0. The van der Waals surface area contributed by atoms with Gasteiger partial charge in [-0.25, -0.2) is 4.68 Å². The van der Waals surface area contributed by atoms with Crippen molar-refractivity contribution in [2.75, 3.05) is 33.3 Å². The summed E-state index contributed by atoms with van der Waals surface area (Å²) in [4.78, 5) is 5.20. The molecule has 7 nitrogen and oxygen atoms in total. The van der Waals surface area contributed by atoms with Crippen LogP contribution in [0.15, 0.2) is 48.5 Å². The molecule has 0 bridgehead atoms. The SMILES string of the molecule is COc1ccc(Cn2nnnc2C(c2ccc(Cl)cc2)N2CCN(C3CCCC3)CC2)cc1. The van der Waals surface area contributed by atoms with E-state index in [1.165, 1.54) is 31.2 Å². The Morgan fingerprint density at radius 3 is 2.33 bits per heavy atom. The van der Waals surface area contributed by atoms with Crippen LogP contribution in [0.2, 0.25) is 5.02 Å². The quantitative estimate of drug-likeness (QED) is 0.524. The molecule has 3 aromatic rings. The molecule has 0 N–H and O–H groups in total. The number of hydrogen-bond donors (Lipinski definition) is 0. The van der Waals surface area contributed by atoms with Crippen LogP contribution in [-0.2, 0) is 6.54 Å². The van der Waals surface area contributed by atoms with Gasteiger partial charge in [-0.15, -0.1) is 5.10 Å². The summed E-state index contributed by atoms with van der Waals surface area (Å²) in [7, 11) is 1.68. The molecule has 1 aliphatic carbocycles. The normalized spacial score (nSPS) is 19.1. The van der Waals surface area contributed by atoms with Crippen molar-refractivity contribution in [1.29, 1.82) is 0 Å². The average Bonchev–Trinajstić information content (AvgIpc) is 3.55. The molecule has 1 saturated carbocycles. The van der Waals surface area contributed by atoms with Gasteiger partial charge in [0.1, 0.15) is 5.75 Å². The van der Waals surface area contributed by atoms with E-state index >= 15 is 0 Å². The summed E-state index contributed by atoms with van der Waals surface area (Å²) in [6.07, 6.45) is 5.44. The molecule has 1 saturated heterocycles. The minimum Gasteiger partial charge on any atom is -0.497 e. The van der Waals surface area contributed by atoms with Gasteiger partial charge in [0.25, 0.3) is 0 Å². The smallest absolute Gasteiger partial charge is 0.173 e. The molecule has 1 unspecified atom stereocenters. The minimum absolute atomic E-state index is 0.0127. The predicted molar refractivity (Wildman–Crippen MR) is 129 cm³/mol. The number of tetrazole rings is 1. The van der Waals surface area contributed by atoms with Gasteiger partial charge in [-0.2, -0.15) is 0 Å². The Morgan fingerprint density at radius 2 is 1.67 bits per heavy atom. The van der Waals surface area contributed by atoms with Gasteiger partial charge in [-0.05, 0) is 58.7 Å². The van der Waals surface area contributed by atoms with Crippen molar-refractivity contribution >= 4 is 11.6 Å². The van der Waals surface area contributed by atoms with Gasteiger partial charge in [0.05, 0.1) is 19.7 Å². The molecule has 5 rings (SSSR count). The van der Waals surface area contributed by atoms with E-state index in [0.29, 0.717) is 6.54 Å². The molecule has 2 heterocycles. The zero-order chi connectivity index (χ0) is 22.6. The third-order valence-electron chi connectivity index (χ3n) is 7.04. The Hall–Kier alpha value is -2.48. The number of piperazine rings is 1. The molecule has 0 radical (unpaired) electrons. The fourth-order valence-electron chi connectivity index (χ4n) is 5.22. The minimum atomic E-state index is -0.0127. The van der Waals surface area contributed by atoms with Crippen LogP contribution in [0.3, 0.4) is 0 Å². The summed E-state index contributed by atoms with van der Waals surface area (Å²) >= 11 is 6.21. The molecule has 8 heteroatoms. The van der Waals surface area contributed by atoms with Crippen molar-refractivity contribution in [3.8, 4) is 5.75 Å². The maximum absolute atomic E-state index is 6.21. The topological polar surface area (TPSA) is 59.3 Å². The van der Waals surface area contributed by atoms with Gasteiger partial charge in [-0.1, -0.05) is 48.7 Å².